The van der Waals surface area contributed by atoms with E-state index in [4.69, 9.17) is 15.6 Å². The first-order valence-corrected chi connectivity index (χ1v) is 7.47. The maximum Gasteiger partial charge on any atom is 0.0701 e. The molecule has 3 N–H and O–H groups in total. The quantitative estimate of drug-likeness (QED) is 0.812. The third-order valence-corrected chi connectivity index (χ3v) is 4.19. The molecule has 1 aromatic carbocycles. The fraction of sp³-hybridized carbons (Fsp3) is 0.571. The predicted molar refractivity (Wildman–Crippen MR) is 79.9 cm³/mol. The molecule has 0 saturated carbocycles. The molecule has 0 atom stereocenters. The van der Waals surface area contributed by atoms with Crippen LogP contribution in [0.25, 0.3) is 0 Å². The highest BCUT2D eigenvalue weighted by atomic mass is 79.9. The highest BCUT2D eigenvalue weighted by Gasteiger charge is 2.19. The molecule has 0 aromatic heterocycles. The Bertz CT molecular complexity index is 406. The Kier molecular flexibility index (Phi) is 5.63. The number of nitrogens with two attached hydrogens (primary N) is 1. The van der Waals surface area contributed by atoms with Gasteiger partial charge in [-0.05, 0) is 30.5 Å². The zero-order valence-electron chi connectivity index (χ0n) is 11.0. The van der Waals surface area contributed by atoms with Crippen molar-refractivity contribution < 1.29 is 9.84 Å². The number of piperidine rings is 1. The molecule has 0 radical (unpaired) electrons. The van der Waals surface area contributed by atoms with Crippen LogP contribution in [0, 0.1) is 0 Å². The lowest BCUT2D eigenvalue weighted by Gasteiger charge is -2.32. The molecule has 2 rings (SSSR count). The highest BCUT2D eigenvalue weighted by Crippen LogP contribution is 2.23. The Balaban J connectivity index is 1.82. The van der Waals surface area contributed by atoms with Gasteiger partial charge in [0.15, 0.2) is 0 Å². The highest BCUT2D eigenvalue weighted by molar-refractivity contribution is 9.10. The summed E-state index contributed by atoms with van der Waals surface area (Å²) in [6, 6.07) is 5.97. The second-order valence-corrected chi connectivity index (χ2v) is 5.78. The van der Waals surface area contributed by atoms with Gasteiger partial charge in [-0.3, -0.25) is 4.90 Å². The summed E-state index contributed by atoms with van der Waals surface area (Å²) in [6.45, 7) is 3.57. The summed E-state index contributed by atoms with van der Waals surface area (Å²) in [5, 5.41) is 8.75. The molecule has 0 bridgehead atoms. The van der Waals surface area contributed by atoms with Crippen molar-refractivity contribution in [3.63, 3.8) is 0 Å². The Morgan fingerprint density at radius 2 is 2.11 bits per heavy atom. The standard InChI is InChI=1S/C14H21BrN2O2/c15-14-9-12(16)2-1-11(14)10-17-5-3-13(4-6-17)19-8-7-18/h1-2,9,13,18H,3-8,10,16H2. The minimum absolute atomic E-state index is 0.110. The number of aliphatic hydroxyl groups excluding tert-OH is 1. The van der Waals surface area contributed by atoms with E-state index in [9.17, 15) is 0 Å². The lowest BCUT2D eigenvalue weighted by atomic mass is 10.1. The van der Waals surface area contributed by atoms with E-state index in [1.807, 2.05) is 12.1 Å². The van der Waals surface area contributed by atoms with E-state index >= 15 is 0 Å². The molecule has 19 heavy (non-hydrogen) atoms. The van der Waals surface area contributed by atoms with Crippen LogP contribution in [0.1, 0.15) is 18.4 Å². The molecule has 1 saturated heterocycles. The normalized spacial score (nSPS) is 17.8. The van der Waals surface area contributed by atoms with Crippen LogP contribution in [-0.4, -0.2) is 42.4 Å². The van der Waals surface area contributed by atoms with Crippen molar-refractivity contribution in [2.45, 2.75) is 25.5 Å². The summed E-state index contributed by atoms with van der Waals surface area (Å²) in [5.41, 5.74) is 7.80. The fourth-order valence-corrected chi connectivity index (χ4v) is 2.91. The maximum atomic E-state index is 8.75. The van der Waals surface area contributed by atoms with E-state index in [0.29, 0.717) is 12.7 Å². The minimum Gasteiger partial charge on any atom is -0.399 e. The Morgan fingerprint density at radius 3 is 2.74 bits per heavy atom. The largest absolute Gasteiger partial charge is 0.399 e. The van der Waals surface area contributed by atoms with E-state index < -0.39 is 0 Å². The third kappa shape index (κ3) is 4.45. The Morgan fingerprint density at radius 1 is 1.37 bits per heavy atom. The van der Waals surface area contributed by atoms with Gasteiger partial charge in [0.05, 0.1) is 19.3 Å². The van der Waals surface area contributed by atoms with E-state index in [1.54, 1.807) is 0 Å². The summed E-state index contributed by atoms with van der Waals surface area (Å²) in [5.74, 6) is 0. The number of aliphatic hydroxyl groups is 1. The number of benzene rings is 1. The number of likely N-dealkylation sites (tertiary alicyclic amines) is 1. The molecule has 1 aliphatic heterocycles. The van der Waals surface area contributed by atoms with Crippen molar-refractivity contribution in [1.29, 1.82) is 0 Å². The third-order valence-electron chi connectivity index (χ3n) is 3.45. The molecule has 5 heteroatoms. The van der Waals surface area contributed by atoms with Gasteiger partial charge in [-0.2, -0.15) is 0 Å². The van der Waals surface area contributed by atoms with Gasteiger partial charge in [0, 0.05) is 29.8 Å². The predicted octanol–water partition coefficient (Wildman–Crippen LogP) is 2.00. The average molecular weight is 329 g/mol. The van der Waals surface area contributed by atoms with Crippen LogP contribution in [0.2, 0.25) is 0 Å². The Labute approximate surface area is 122 Å². The monoisotopic (exact) mass is 328 g/mol. The average Bonchev–Trinajstić information content (AvgIpc) is 2.41. The van der Waals surface area contributed by atoms with E-state index in [1.165, 1.54) is 5.56 Å². The van der Waals surface area contributed by atoms with Crippen LogP contribution in [0.15, 0.2) is 22.7 Å². The first-order valence-electron chi connectivity index (χ1n) is 6.68. The number of nitrogen functional groups attached to an aromatic ring is 1. The van der Waals surface area contributed by atoms with E-state index in [-0.39, 0.29) is 6.61 Å². The molecule has 1 aromatic rings. The summed E-state index contributed by atoms with van der Waals surface area (Å²) in [4.78, 5) is 2.43. The lowest BCUT2D eigenvalue weighted by Crippen LogP contribution is -2.37. The SMILES string of the molecule is Nc1ccc(CN2CCC(OCCO)CC2)c(Br)c1. The zero-order valence-corrected chi connectivity index (χ0v) is 12.6. The zero-order chi connectivity index (χ0) is 13.7. The molecule has 0 unspecified atom stereocenters. The molecular formula is C14H21BrN2O2. The molecule has 106 valence electrons. The number of anilines is 1. The molecule has 4 nitrogen and oxygen atoms in total. The summed E-state index contributed by atoms with van der Waals surface area (Å²) in [6.07, 6.45) is 2.37. The fourth-order valence-electron chi connectivity index (χ4n) is 2.39. The summed E-state index contributed by atoms with van der Waals surface area (Å²) < 4.78 is 6.64. The molecule has 1 fully saturated rings. The second-order valence-electron chi connectivity index (χ2n) is 4.92. The maximum absolute atomic E-state index is 8.75. The molecule has 0 spiro atoms. The van der Waals surface area contributed by atoms with Gasteiger partial charge in [0.1, 0.15) is 0 Å². The van der Waals surface area contributed by atoms with Crippen LogP contribution in [-0.2, 0) is 11.3 Å². The molecule has 0 amide bonds. The molecular weight excluding hydrogens is 308 g/mol. The van der Waals surface area contributed by atoms with Crippen LogP contribution in [0.4, 0.5) is 5.69 Å². The van der Waals surface area contributed by atoms with Gasteiger partial charge in [0.25, 0.3) is 0 Å². The number of hydrogen-bond donors (Lipinski definition) is 2. The summed E-state index contributed by atoms with van der Waals surface area (Å²) >= 11 is 3.56. The van der Waals surface area contributed by atoms with Crippen molar-refractivity contribution in [2.75, 3.05) is 32.0 Å². The number of ether oxygens (including phenoxy) is 1. The van der Waals surface area contributed by atoms with Crippen LogP contribution < -0.4 is 5.73 Å². The molecule has 0 aliphatic carbocycles. The van der Waals surface area contributed by atoms with E-state index in [2.05, 4.69) is 26.9 Å². The molecule has 1 aliphatic rings. The van der Waals surface area contributed by atoms with Gasteiger partial charge in [0.2, 0.25) is 0 Å². The van der Waals surface area contributed by atoms with Crippen molar-refractivity contribution in [2.24, 2.45) is 0 Å². The van der Waals surface area contributed by atoms with Crippen molar-refractivity contribution in [1.82, 2.24) is 4.90 Å². The van der Waals surface area contributed by atoms with Gasteiger partial charge in [-0.15, -0.1) is 0 Å². The van der Waals surface area contributed by atoms with Crippen molar-refractivity contribution in [3.05, 3.63) is 28.2 Å². The van der Waals surface area contributed by atoms with Crippen molar-refractivity contribution >= 4 is 21.6 Å². The first kappa shape index (κ1) is 14.8. The second kappa shape index (κ2) is 7.24. The van der Waals surface area contributed by atoms with Gasteiger partial charge in [-0.25, -0.2) is 0 Å². The van der Waals surface area contributed by atoms with Crippen LogP contribution in [0.5, 0.6) is 0 Å². The van der Waals surface area contributed by atoms with Crippen LogP contribution >= 0.6 is 15.9 Å². The van der Waals surface area contributed by atoms with Crippen LogP contribution in [0.3, 0.4) is 0 Å². The molecule has 1 heterocycles. The lowest BCUT2D eigenvalue weighted by molar-refractivity contribution is -0.00904. The van der Waals surface area contributed by atoms with E-state index in [0.717, 1.165) is 42.6 Å². The number of hydrogen-bond acceptors (Lipinski definition) is 4. The summed E-state index contributed by atoms with van der Waals surface area (Å²) in [7, 11) is 0. The first-order chi connectivity index (χ1) is 9.19. The number of halogens is 1. The Hall–Kier alpha value is -0.620. The van der Waals surface area contributed by atoms with Gasteiger partial charge < -0.3 is 15.6 Å². The van der Waals surface area contributed by atoms with Gasteiger partial charge in [-0.1, -0.05) is 22.0 Å². The topological polar surface area (TPSA) is 58.7 Å². The number of rotatable bonds is 5. The number of nitrogens with zero attached hydrogens (tertiary/aromatic N) is 1. The smallest absolute Gasteiger partial charge is 0.0701 e. The van der Waals surface area contributed by atoms with Crippen molar-refractivity contribution in [3.8, 4) is 0 Å². The van der Waals surface area contributed by atoms with Gasteiger partial charge >= 0.3 is 0 Å². The minimum atomic E-state index is 0.110.